The van der Waals surface area contributed by atoms with Crippen molar-refractivity contribution in [1.29, 1.82) is 0 Å². The van der Waals surface area contributed by atoms with Crippen LogP contribution in [0.2, 0.25) is 0 Å². The van der Waals surface area contributed by atoms with Gasteiger partial charge in [0.2, 0.25) is 0 Å². The second kappa shape index (κ2) is 9.55. The molecule has 29 heavy (non-hydrogen) atoms. The van der Waals surface area contributed by atoms with E-state index < -0.39 is 0 Å². The summed E-state index contributed by atoms with van der Waals surface area (Å²) in [6.45, 7) is 5.72. The van der Waals surface area contributed by atoms with Crippen molar-refractivity contribution in [3.63, 3.8) is 0 Å². The van der Waals surface area contributed by atoms with Crippen LogP contribution in [0.1, 0.15) is 48.6 Å². The first-order valence-electron chi connectivity index (χ1n) is 10.4. The van der Waals surface area contributed by atoms with Gasteiger partial charge in [-0.15, -0.1) is 10.2 Å². The number of aromatic nitrogens is 4. The van der Waals surface area contributed by atoms with Gasteiger partial charge in [0.05, 0.1) is 0 Å². The molecule has 0 N–H and O–H groups in total. The van der Waals surface area contributed by atoms with E-state index in [1.165, 1.54) is 11.1 Å². The fourth-order valence-corrected chi connectivity index (χ4v) is 4.96. The maximum Gasteiger partial charge on any atom is 0.191 e. The van der Waals surface area contributed by atoms with E-state index in [4.69, 9.17) is 0 Å². The summed E-state index contributed by atoms with van der Waals surface area (Å²) in [5.41, 5.74) is 2.69. The summed E-state index contributed by atoms with van der Waals surface area (Å²) in [4.78, 5) is 6.68. The van der Waals surface area contributed by atoms with Crippen LogP contribution < -0.4 is 0 Å². The van der Waals surface area contributed by atoms with Crippen molar-refractivity contribution in [1.82, 2.24) is 24.6 Å². The summed E-state index contributed by atoms with van der Waals surface area (Å²) in [5, 5.41) is 10.0. The lowest BCUT2D eigenvalue weighted by molar-refractivity contribution is 0.199. The monoisotopic (exact) mass is 407 g/mol. The third-order valence-corrected chi connectivity index (χ3v) is 6.93. The summed E-state index contributed by atoms with van der Waals surface area (Å²) in [5.74, 6) is 3.10. The molecular weight excluding hydrogens is 378 g/mol. The Kier molecular flexibility index (Phi) is 6.62. The maximum absolute atomic E-state index is 4.55. The topological polar surface area (TPSA) is 46.8 Å². The molecule has 1 aliphatic rings. The minimum absolute atomic E-state index is 0.506. The predicted octanol–water partition coefficient (Wildman–Crippen LogP) is 4.49. The summed E-state index contributed by atoms with van der Waals surface area (Å²) in [6, 6.07) is 14.9. The highest BCUT2D eigenvalue weighted by Gasteiger charge is 2.26. The summed E-state index contributed by atoms with van der Waals surface area (Å²) < 4.78 is 2.19. The molecule has 1 atom stereocenters. The first-order chi connectivity index (χ1) is 14.2. The zero-order valence-electron chi connectivity index (χ0n) is 17.2. The van der Waals surface area contributed by atoms with E-state index in [-0.39, 0.29) is 0 Å². The van der Waals surface area contributed by atoms with Crippen molar-refractivity contribution in [3.05, 3.63) is 71.8 Å². The van der Waals surface area contributed by atoms with E-state index in [1.54, 1.807) is 11.8 Å². The van der Waals surface area contributed by atoms with Gasteiger partial charge in [-0.1, -0.05) is 49.0 Å². The van der Waals surface area contributed by atoms with E-state index in [0.717, 1.165) is 49.2 Å². The summed E-state index contributed by atoms with van der Waals surface area (Å²) in [6.07, 6.45) is 5.99. The average molecular weight is 408 g/mol. The molecule has 1 fully saturated rings. The number of benzene rings is 1. The smallest absolute Gasteiger partial charge is 0.191 e. The SMILES string of the molecule is C[C@H](CN1CCC(c2nnc(SCc3ccncc3)n2C)CC1)c1ccccc1. The van der Waals surface area contributed by atoms with Crippen LogP contribution in [0.3, 0.4) is 0 Å². The van der Waals surface area contributed by atoms with Crippen LogP contribution in [0, 0.1) is 0 Å². The molecule has 6 heteroatoms. The van der Waals surface area contributed by atoms with Gasteiger partial charge in [-0.25, -0.2) is 0 Å². The number of thioether (sulfide) groups is 1. The molecule has 0 amide bonds. The van der Waals surface area contributed by atoms with Crippen LogP contribution in [0.25, 0.3) is 0 Å². The summed E-state index contributed by atoms with van der Waals surface area (Å²) >= 11 is 1.74. The van der Waals surface area contributed by atoms with Crippen molar-refractivity contribution in [2.24, 2.45) is 7.05 Å². The van der Waals surface area contributed by atoms with Crippen molar-refractivity contribution < 1.29 is 0 Å². The number of hydrogen-bond donors (Lipinski definition) is 0. The fraction of sp³-hybridized carbons (Fsp3) is 0.435. The standard InChI is InChI=1S/C23H29N5S/c1-18(20-6-4-3-5-7-20)16-28-14-10-21(11-15-28)22-25-26-23(27(22)2)29-17-19-8-12-24-13-9-19/h3-9,12-13,18,21H,10-11,14-17H2,1-2H3/t18-/m1/s1. The molecule has 0 spiro atoms. The first kappa shape index (κ1) is 20.1. The number of rotatable bonds is 7. The zero-order chi connectivity index (χ0) is 20.1. The predicted molar refractivity (Wildman–Crippen MR) is 118 cm³/mol. The van der Waals surface area contributed by atoms with Crippen molar-refractivity contribution >= 4 is 11.8 Å². The third-order valence-electron chi connectivity index (χ3n) is 5.84. The Morgan fingerprint density at radius 3 is 2.48 bits per heavy atom. The fourth-order valence-electron chi connectivity index (χ4n) is 4.08. The molecular formula is C23H29N5S. The molecule has 1 saturated heterocycles. The van der Waals surface area contributed by atoms with Crippen LogP contribution in [0.4, 0.5) is 0 Å². The van der Waals surface area contributed by atoms with Gasteiger partial charge in [-0.05, 0) is 55.1 Å². The number of pyridine rings is 1. The third kappa shape index (κ3) is 5.06. The Hall–Kier alpha value is -2.18. The van der Waals surface area contributed by atoms with Gasteiger partial charge < -0.3 is 9.47 Å². The van der Waals surface area contributed by atoms with Crippen LogP contribution in [-0.4, -0.2) is 44.3 Å². The largest absolute Gasteiger partial charge is 0.309 e. The molecule has 3 aromatic rings. The van der Waals surface area contributed by atoms with E-state index in [2.05, 4.69) is 81.1 Å². The Morgan fingerprint density at radius 1 is 1.03 bits per heavy atom. The molecule has 1 aromatic carbocycles. The first-order valence-corrected chi connectivity index (χ1v) is 11.4. The van der Waals surface area contributed by atoms with Crippen molar-refractivity contribution in [2.75, 3.05) is 19.6 Å². The van der Waals surface area contributed by atoms with Gasteiger partial charge in [0, 0.05) is 37.7 Å². The van der Waals surface area contributed by atoms with E-state index in [0.29, 0.717) is 11.8 Å². The molecule has 2 aromatic heterocycles. The van der Waals surface area contributed by atoms with E-state index in [1.807, 2.05) is 12.4 Å². The average Bonchev–Trinajstić information content (AvgIpc) is 3.14. The second-order valence-electron chi connectivity index (χ2n) is 7.93. The molecule has 3 heterocycles. The second-order valence-corrected chi connectivity index (χ2v) is 8.87. The Balaban J connectivity index is 1.30. The molecule has 0 bridgehead atoms. The lowest BCUT2D eigenvalue weighted by Gasteiger charge is -2.33. The molecule has 1 aliphatic heterocycles. The Labute approximate surface area is 177 Å². The minimum atomic E-state index is 0.506. The summed E-state index contributed by atoms with van der Waals surface area (Å²) in [7, 11) is 2.11. The van der Waals surface area contributed by atoms with Gasteiger partial charge in [0.1, 0.15) is 5.82 Å². The van der Waals surface area contributed by atoms with Crippen LogP contribution in [0.15, 0.2) is 60.0 Å². The van der Waals surface area contributed by atoms with Gasteiger partial charge in [-0.3, -0.25) is 4.98 Å². The molecule has 0 unspecified atom stereocenters. The number of nitrogens with zero attached hydrogens (tertiary/aromatic N) is 5. The van der Waals surface area contributed by atoms with Gasteiger partial charge >= 0.3 is 0 Å². The molecule has 0 aliphatic carbocycles. The Bertz CT molecular complexity index is 888. The molecule has 5 nitrogen and oxygen atoms in total. The van der Waals surface area contributed by atoms with Crippen molar-refractivity contribution in [3.8, 4) is 0 Å². The van der Waals surface area contributed by atoms with Gasteiger partial charge in [0.15, 0.2) is 5.16 Å². The number of piperidine rings is 1. The van der Waals surface area contributed by atoms with Crippen LogP contribution >= 0.6 is 11.8 Å². The number of hydrogen-bond acceptors (Lipinski definition) is 5. The van der Waals surface area contributed by atoms with Gasteiger partial charge in [-0.2, -0.15) is 0 Å². The molecule has 0 saturated carbocycles. The maximum atomic E-state index is 4.55. The highest BCUT2D eigenvalue weighted by molar-refractivity contribution is 7.98. The Morgan fingerprint density at radius 2 is 1.76 bits per heavy atom. The minimum Gasteiger partial charge on any atom is -0.309 e. The van der Waals surface area contributed by atoms with Crippen LogP contribution in [-0.2, 0) is 12.8 Å². The van der Waals surface area contributed by atoms with Crippen molar-refractivity contribution in [2.45, 2.75) is 42.5 Å². The lowest BCUT2D eigenvalue weighted by atomic mass is 9.94. The van der Waals surface area contributed by atoms with Crippen LogP contribution in [0.5, 0.6) is 0 Å². The molecule has 152 valence electrons. The number of likely N-dealkylation sites (tertiary alicyclic amines) is 1. The van der Waals surface area contributed by atoms with E-state index >= 15 is 0 Å². The zero-order valence-corrected chi connectivity index (χ0v) is 18.1. The van der Waals surface area contributed by atoms with E-state index in [9.17, 15) is 0 Å². The normalized spacial score (nSPS) is 16.8. The quantitative estimate of drug-likeness (QED) is 0.540. The highest BCUT2D eigenvalue weighted by Crippen LogP contribution is 2.30. The molecule has 4 rings (SSSR count). The highest BCUT2D eigenvalue weighted by atomic mass is 32.2. The molecule has 0 radical (unpaired) electrons. The van der Waals surface area contributed by atoms with Gasteiger partial charge in [0.25, 0.3) is 0 Å². The lowest BCUT2D eigenvalue weighted by Crippen LogP contribution is -2.36.